The summed E-state index contributed by atoms with van der Waals surface area (Å²) in [6.45, 7) is 7.39. The first-order valence-corrected chi connectivity index (χ1v) is 8.02. The molecule has 0 aliphatic carbocycles. The summed E-state index contributed by atoms with van der Waals surface area (Å²) in [7, 11) is 0.429. The molecular weight excluding hydrogens is 336 g/mol. The summed E-state index contributed by atoms with van der Waals surface area (Å²) in [6, 6.07) is 1.28. The van der Waals surface area contributed by atoms with Crippen molar-refractivity contribution >= 4 is 13.1 Å². The molecule has 1 atom stereocenters. The van der Waals surface area contributed by atoms with Crippen LogP contribution in [-0.4, -0.2) is 31.4 Å². The number of methoxy groups -OCH3 is 1. The van der Waals surface area contributed by atoms with Gasteiger partial charge in [-0.1, -0.05) is 0 Å². The van der Waals surface area contributed by atoms with Crippen LogP contribution >= 0.6 is 0 Å². The average Bonchev–Trinajstić information content (AvgIpc) is 2.72. The van der Waals surface area contributed by atoms with Gasteiger partial charge in [0.1, 0.15) is 5.82 Å². The molecule has 8 heteroatoms. The van der Waals surface area contributed by atoms with Gasteiger partial charge in [0.05, 0.1) is 18.3 Å². The molecule has 25 heavy (non-hydrogen) atoms. The van der Waals surface area contributed by atoms with E-state index in [1.165, 1.54) is 7.11 Å². The molecule has 138 valence electrons. The summed E-state index contributed by atoms with van der Waals surface area (Å²) in [5, 5.41) is 0. The lowest BCUT2D eigenvalue weighted by Crippen LogP contribution is -2.41. The van der Waals surface area contributed by atoms with E-state index in [0.29, 0.717) is 6.07 Å². The molecule has 1 unspecified atom stereocenters. The number of carbonyl (C=O) groups is 1. The molecule has 1 aromatic carbocycles. The predicted octanol–water partition coefficient (Wildman–Crippen LogP) is 3.67. The first-order valence-electron chi connectivity index (χ1n) is 8.02. The minimum atomic E-state index is -1.26. The number of benzene rings is 1. The fourth-order valence-electron chi connectivity index (χ4n) is 2.65. The van der Waals surface area contributed by atoms with Crippen molar-refractivity contribution in [3.8, 4) is 0 Å². The van der Waals surface area contributed by atoms with Gasteiger partial charge in [-0.25, -0.2) is 13.2 Å². The van der Waals surface area contributed by atoms with E-state index in [-0.39, 0.29) is 18.4 Å². The van der Waals surface area contributed by atoms with Gasteiger partial charge >= 0.3 is 13.1 Å². The molecule has 4 nitrogen and oxygen atoms in total. The summed E-state index contributed by atoms with van der Waals surface area (Å²) in [4.78, 5) is 11.7. The highest BCUT2D eigenvalue weighted by Gasteiger charge is 2.54. The van der Waals surface area contributed by atoms with E-state index in [1.807, 2.05) is 27.7 Å². The van der Waals surface area contributed by atoms with Crippen molar-refractivity contribution in [2.45, 2.75) is 57.6 Å². The van der Waals surface area contributed by atoms with Crippen LogP contribution in [0.25, 0.3) is 0 Å². The first kappa shape index (κ1) is 19.8. The Morgan fingerprint density at radius 2 is 1.60 bits per heavy atom. The second kappa shape index (κ2) is 7.00. The molecule has 1 saturated heterocycles. The molecule has 0 saturated carbocycles. The van der Waals surface area contributed by atoms with Crippen LogP contribution in [0.5, 0.6) is 0 Å². The maximum Gasteiger partial charge on any atom is 0.462 e. The summed E-state index contributed by atoms with van der Waals surface area (Å²) in [6.07, 6.45) is -0.166. The van der Waals surface area contributed by atoms with Crippen LogP contribution in [0.2, 0.25) is 5.82 Å². The third kappa shape index (κ3) is 4.18. The number of hydrogen-bond acceptors (Lipinski definition) is 4. The lowest BCUT2D eigenvalue weighted by molar-refractivity contribution is -0.140. The Kier molecular flexibility index (Phi) is 5.54. The van der Waals surface area contributed by atoms with Crippen molar-refractivity contribution in [2.75, 3.05) is 7.11 Å². The molecule has 1 heterocycles. The zero-order valence-electron chi connectivity index (χ0n) is 15.0. The summed E-state index contributed by atoms with van der Waals surface area (Å²) < 4.78 is 57.1. The van der Waals surface area contributed by atoms with Gasteiger partial charge in [-0.2, -0.15) is 0 Å². The van der Waals surface area contributed by atoms with E-state index in [9.17, 15) is 18.0 Å². The highest BCUT2D eigenvalue weighted by molar-refractivity contribution is 6.48. The summed E-state index contributed by atoms with van der Waals surface area (Å²) in [5.41, 5.74) is -1.33. The van der Waals surface area contributed by atoms with Gasteiger partial charge in [0.15, 0.2) is 11.6 Å². The molecule has 0 N–H and O–H groups in total. The van der Waals surface area contributed by atoms with Crippen molar-refractivity contribution in [2.24, 2.45) is 0 Å². The fourth-order valence-corrected chi connectivity index (χ4v) is 2.65. The van der Waals surface area contributed by atoms with Crippen molar-refractivity contribution < 1.29 is 32.0 Å². The standard InChI is InChI=1S/C17H22BF3O4/c1-16(2)17(3,4)25-18(24-16)11(8-15(22)23-5)6-10-7-13(20)14(21)9-12(10)19/h7,9,11H,6,8H2,1-5H3. The summed E-state index contributed by atoms with van der Waals surface area (Å²) >= 11 is 0. The minimum Gasteiger partial charge on any atom is -0.469 e. The molecular formula is C17H22BF3O4. The van der Waals surface area contributed by atoms with E-state index in [2.05, 4.69) is 4.74 Å². The highest BCUT2D eigenvalue weighted by atomic mass is 19.2. The van der Waals surface area contributed by atoms with Crippen molar-refractivity contribution in [3.63, 3.8) is 0 Å². The average molecular weight is 358 g/mol. The van der Waals surface area contributed by atoms with Gasteiger partial charge in [0, 0.05) is 18.3 Å². The Balaban J connectivity index is 2.29. The minimum absolute atomic E-state index is 0.0532. The predicted molar refractivity (Wildman–Crippen MR) is 86.5 cm³/mol. The van der Waals surface area contributed by atoms with Gasteiger partial charge in [0.25, 0.3) is 0 Å². The van der Waals surface area contributed by atoms with Gasteiger partial charge in [0.2, 0.25) is 0 Å². The molecule has 0 bridgehead atoms. The maximum absolute atomic E-state index is 14.0. The van der Waals surface area contributed by atoms with Crippen LogP contribution < -0.4 is 0 Å². The Hall–Kier alpha value is -1.54. The molecule has 0 spiro atoms. The quantitative estimate of drug-likeness (QED) is 0.458. The number of halogens is 3. The Morgan fingerprint density at radius 3 is 2.12 bits per heavy atom. The Morgan fingerprint density at radius 1 is 1.08 bits per heavy atom. The van der Waals surface area contributed by atoms with E-state index in [4.69, 9.17) is 9.31 Å². The zero-order valence-corrected chi connectivity index (χ0v) is 15.0. The van der Waals surface area contributed by atoms with Crippen LogP contribution in [0.4, 0.5) is 13.2 Å². The third-order valence-corrected chi connectivity index (χ3v) is 4.88. The van der Waals surface area contributed by atoms with E-state index in [0.717, 1.165) is 6.07 Å². The van der Waals surface area contributed by atoms with Gasteiger partial charge < -0.3 is 14.0 Å². The van der Waals surface area contributed by atoms with Gasteiger partial charge in [-0.3, -0.25) is 4.79 Å². The van der Waals surface area contributed by atoms with E-state index in [1.54, 1.807) is 0 Å². The normalized spacial score (nSPS) is 19.8. The van der Waals surface area contributed by atoms with Crippen LogP contribution in [0.3, 0.4) is 0 Å². The number of esters is 1. The first-order chi connectivity index (χ1) is 11.5. The molecule has 2 rings (SSSR count). The number of carbonyl (C=O) groups excluding carboxylic acids is 1. The monoisotopic (exact) mass is 358 g/mol. The van der Waals surface area contributed by atoms with Crippen molar-refractivity contribution in [3.05, 3.63) is 35.1 Å². The molecule has 1 aliphatic heterocycles. The van der Waals surface area contributed by atoms with Crippen LogP contribution in [0, 0.1) is 17.5 Å². The smallest absolute Gasteiger partial charge is 0.462 e. The maximum atomic E-state index is 14.0. The number of rotatable bonds is 5. The highest BCUT2D eigenvalue weighted by Crippen LogP contribution is 2.42. The molecule has 0 amide bonds. The fraction of sp³-hybridized carbons (Fsp3) is 0.588. The second-order valence-electron chi connectivity index (χ2n) is 7.23. The van der Waals surface area contributed by atoms with Gasteiger partial charge in [-0.15, -0.1) is 0 Å². The zero-order chi connectivity index (χ0) is 19.0. The van der Waals surface area contributed by atoms with E-state index >= 15 is 0 Å². The van der Waals surface area contributed by atoms with Crippen LogP contribution in [0.15, 0.2) is 12.1 Å². The molecule has 1 fully saturated rings. The van der Waals surface area contributed by atoms with Crippen molar-refractivity contribution in [1.82, 2.24) is 0 Å². The SMILES string of the molecule is COC(=O)CC(Cc1cc(F)c(F)cc1F)B1OC(C)(C)C(C)(C)O1. The third-order valence-electron chi connectivity index (χ3n) is 4.88. The molecule has 1 aliphatic rings. The topological polar surface area (TPSA) is 44.8 Å². The molecule has 0 aromatic heterocycles. The Bertz CT molecular complexity index is 648. The van der Waals surface area contributed by atoms with Gasteiger partial charge in [-0.05, 0) is 45.7 Å². The lowest BCUT2D eigenvalue weighted by Gasteiger charge is -2.32. The number of hydrogen-bond donors (Lipinski definition) is 0. The second-order valence-corrected chi connectivity index (χ2v) is 7.23. The number of ether oxygens (including phenoxy) is 1. The molecule has 1 aromatic rings. The van der Waals surface area contributed by atoms with Crippen molar-refractivity contribution in [1.29, 1.82) is 0 Å². The van der Waals surface area contributed by atoms with E-state index < -0.39 is 47.6 Å². The van der Waals surface area contributed by atoms with Crippen LogP contribution in [-0.2, 0) is 25.3 Å². The largest absolute Gasteiger partial charge is 0.469 e. The lowest BCUT2D eigenvalue weighted by atomic mass is 9.67. The summed E-state index contributed by atoms with van der Waals surface area (Å²) in [5.74, 6) is -4.44. The molecule has 0 radical (unpaired) electrons. The Labute approximate surface area is 145 Å². The van der Waals surface area contributed by atoms with Crippen LogP contribution in [0.1, 0.15) is 39.7 Å².